The fourth-order valence-electron chi connectivity index (χ4n) is 2.07. The zero-order chi connectivity index (χ0) is 15.3. The Balaban J connectivity index is 0.000000612. The number of carbonyl (C=O) groups excluding carboxylic acids is 1. The van der Waals surface area contributed by atoms with Crippen LogP contribution >= 0.6 is 0 Å². The number of aryl methyl sites for hydroxylation is 1. The molecule has 0 atom stereocenters. The first-order chi connectivity index (χ1) is 9.40. The third-order valence-electron chi connectivity index (χ3n) is 3.61. The van der Waals surface area contributed by atoms with Gasteiger partial charge in [-0.15, -0.1) is 0 Å². The van der Waals surface area contributed by atoms with Gasteiger partial charge in [0, 0.05) is 32.9 Å². The summed E-state index contributed by atoms with van der Waals surface area (Å²) in [5.74, 6) is 1.23. The van der Waals surface area contributed by atoms with Crippen molar-refractivity contribution in [2.75, 3.05) is 26.7 Å². The molecule has 1 N–H and O–H groups in total. The maximum absolute atomic E-state index is 11.6. The van der Waals surface area contributed by atoms with Gasteiger partial charge in [-0.25, -0.2) is 4.98 Å². The molecule has 1 saturated heterocycles. The lowest BCUT2D eigenvalue weighted by atomic mass is 10.3. The minimum atomic E-state index is -0.250. The van der Waals surface area contributed by atoms with Crippen molar-refractivity contribution in [3.63, 3.8) is 0 Å². The van der Waals surface area contributed by atoms with E-state index in [1.54, 1.807) is 4.90 Å². The van der Waals surface area contributed by atoms with Crippen LogP contribution in [0.1, 0.15) is 17.2 Å². The van der Waals surface area contributed by atoms with Crippen LogP contribution in [0.5, 0.6) is 0 Å². The van der Waals surface area contributed by atoms with Gasteiger partial charge in [0.25, 0.3) is 6.47 Å². The van der Waals surface area contributed by atoms with Gasteiger partial charge in [-0.2, -0.15) is 0 Å². The summed E-state index contributed by atoms with van der Waals surface area (Å²) in [6, 6.07) is 0. The van der Waals surface area contributed by atoms with E-state index in [0.29, 0.717) is 6.54 Å². The van der Waals surface area contributed by atoms with Crippen molar-refractivity contribution in [1.29, 1.82) is 0 Å². The zero-order valence-electron chi connectivity index (χ0n) is 12.5. The summed E-state index contributed by atoms with van der Waals surface area (Å²) < 4.78 is 2.11. The van der Waals surface area contributed by atoms with E-state index in [-0.39, 0.29) is 12.4 Å². The predicted molar refractivity (Wildman–Crippen MR) is 74.3 cm³/mol. The van der Waals surface area contributed by atoms with Crippen LogP contribution in [0.4, 0.5) is 0 Å². The summed E-state index contributed by atoms with van der Waals surface area (Å²) in [5.41, 5.74) is 2.27. The fraction of sp³-hybridized carbons (Fsp3) is 0.615. The molecule has 1 aliphatic rings. The number of piperazine rings is 1. The Kier molecular flexibility index (Phi) is 5.69. The molecule has 112 valence electrons. The van der Waals surface area contributed by atoms with Crippen LogP contribution in [0.15, 0.2) is 0 Å². The molecule has 20 heavy (non-hydrogen) atoms. The average Bonchev–Trinajstić information content (AvgIpc) is 2.63. The number of rotatable bonds is 2. The maximum Gasteiger partial charge on any atom is 0.290 e. The number of carboxylic acid groups (broad SMARTS) is 1. The van der Waals surface area contributed by atoms with Gasteiger partial charge in [0.1, 0.15) is 5.82 Å². The van der Waals surface area contributed by atoms with E-state index in [9.17, 15) is 4.79 Å². The number of amides is 1. The molecule has 0 spiro atoms. The van der Waals surface area contributed by atoms with Crippen LogP contribution < -0.4 is 0 Å². The molecule has 2 rings (SSSR count). The largest absolute Gasteiger partial charge is 0.483 e. The monoisotopic (exact) mass is 282 g/mol. The highest BCUT2D eigenvalue weighted by Gasteiger charge is 2.22. The maximum atomic E-state index is 11.6. The predicted octanol–water partition coefficient (Wildman–Crippen LogP) is 0.0117. The first kappa shape index (κ1) is 16.2. The Morgan fingerprint density at radius 1 is 1.30 bits per heavy atom. The third kappa shape index (κ3) is 3.80. The van der Waals surface area contributed by atoms with Gasteiger partial charge in [0.05, 0.1) is 18.8 Å². The standard InChI is InChI=1S/C12H20N4O.CH2O2/c1-9-10(2)15(4)11(13-9)7-16-6-5-14(3)12(17)8-16;2-1-3/h5-8H2,1-4H3;1H,(H,2,3). The second-order valence-electron chi connectivity index (χ2n) is 4.89. The van der Waals surface area contributed by atoms with Crippen LogP contribution in [0, 0.1) is 13.8 Å². The molecule has 1 aromatic heterocycles. The molecule has 0 aromatic carbocycles. The Bertz CT molecular complexity index is 484. The molecule has 1 fully saturated rings. The normalized spacial score (nSPS) is 15.8. The zero-order valence-corrected chi connectivity index (χ0v) is 12.5. The van der Waals surface area contributed by atoms with E-state index in [2.05, 4.69) is 21.4 Å². The Labute approximate surface area is 118 Å². The van der Waals surface area contributed by atoms with Crippen molar-refractivity contribution in [1.82, 2.24) is 19.4 Å². The number of hydrogen-bond donors (Lipinski definition) is 1. The molecule has 0 radical (unpaired) electrons. The smallest absolute Gasteiger partial charge is 0.290 e. The van der Waals surface area contributed by atoms with E-state index in [0.717, 1.165) is 31.2 Å². The minimum Gasteiger partial charge on any atom is -0.483 e. The first-order valence-electron chi connectivity index (χ1n) is 6.43. The first-order valence-corrected chi connectivity index (χ1v) is 6.43. The van der Waals surface area contributed by atoms with Gasteiger partial charge >= 0.3 is 0 Å². The topological polar surface area (TPSA) is 78.7 Å². The lowest BCUT2D eigenvalue weighted by Gasteiger charge is -2.31. The number of nitrogens with zero attached hydrogens (tertiary/aromatic N) is 4. The molecular formula is C13H22N4O3. The molecule has 2 heterocycles. The highest BCUT2D eigenvalue weighted by molar-refractivity contribution is 5.78. The molecule has 0 bridgehead atoms. The second kappa shape index (κ2) is 7.04. The third-order valence-corrected chi connectivity index (χ3v) is 3.61. The van der Waals surface area contributed by atoms with E-state index < -0.39 is 0 Å². The number of carbonyl (C=O) groups is 2. The summed E-state index contributed by atoms with van der Waals surface area (Å²) >= 11 is 0. The van der Waals surface area contributed by atoms with Crippen molar-refractivity contribution in [2.45, 2.75) is 20.4 Å². The van der Waals surface area contributed by atoms with Gasteiger partial charge in [-0.3, -0.25) is 14.5 Å². The van der Waals surface area contributed by atoms with Crippen LogP contribution in [-0.2, 0) is 23.2 Å². The molecular weight excluding hydrogens is 260 g/mol. The highest BCUT2D eigenvalue weighted by Crippen LogP contribution is 2.11. The van der Waals surface area contributed by atoms with Gasteiger partial charge in [0.2, 0.25) is 5.91 Å². The van der Waals surface area contributed by atoms with E-state index in [1.807, 2.05) is 21.0 Å². The van der Waals surface area contributed by atoms with Crippen LogP contribution in [0.2, 0.25) is 0 Å². The molecule has 0 aliphatic carbocycles. The number of hydrogen-bond acceptors (Lipinski definition) is 4. The van der Waals surface area contributed by atoms with Crippen molar-refractivity contribution in [3.8, 4) is 0 Å². The highest BCUT2D eigenvalue weighted by atomic mass is 16.3. The summed E-state index contributed by atoms with van der Waals surface area (Å²) in [6.45, 7) is 6.83. The Morgan fingerprint density at radius 2 is 1.90 bits per heavy atom. The van der Waals surface area contributed by atoms with E-state index in [1.165, 1.54) is 5.69 Å². The summed E-state index contributed by atoms with van der Waals surface area (Å²) in [7, 11) is 3.89. The van der Waals surface area contributed by atoms with Crippen molar-refractivity contribution < 1.29 is 14.7 Å². The van der Waals surface area contributed by atoms with Crippen molar-refractivity contribution in [2.24, 2.45) is 7.05 Å². The fourth-order valence-corrected chi connectivity index (χ4v) is 2.07. The van der Waals surface area contributed by atoms with E-state index >= 15 is 0 Å². The minimum absolute atomic E-state index is 0.193. The molecule has 1 aromatic rings. The van der Waals surface area contributed by atoms with Gasteiger partial charge in [-0.05, 0) is 13.8 Å². The second-order valence-corrected chi connectivity index (χ2v) is 4.89. The van der Waals surface area contributed by atoms with Crippen LogP contribution in [0.25, 0.3) is 0 Å². The van der Waals surface area contributed by atoms with Gasteiger partial charge in [0.15, 0.2) is 0 Å². The van der Waals surface area contributed by atoms with Gasteiger partial charge in [-0.1, -0.05) is 0 Å². The van der Waals surface area contributed by atoms with Crippen LogP contribution in [0.3, 0.4) is 0 Å². The van der Waals surface area contributed by atoms with Crippen molar-refractivity contribution >= 4 is 12.4 Å². The summed E-state index contributed by atoms with van der Waals surface area (Å²) in [4.78, 5) is 28.5. The van der Waals surface area contributed by atoms with E-state index in [4.69, 9.17) is 9.90 Å². The van der Waals surface area contributed by atoms with Crippen molar-refractivity contribution in [3.05, 3.63) is 17.2 Å². The lowest BCUT2D eigenvalue weighted by molar-refractivity contribution is -0.134. The number of imidazole rings is 1. The molecule has 1 aliphatic heterocycles. The molecule has 0 saturated carbocycles. The molecule has 7 heteroatoms. The lowest BCUT2D eigenvalue weighted by Crippen LogP contribution is -2.48. The SMILES string of the molecule is Cc1nc(CN2CCN(C)C(=O)C2)n(C)c1C.O=CO. The quantitative estimate of drug-likeness (QED) is 0.773. The van der Waals surface area contributed by atoms with Gasteiger partial charge < -0.3 is 14.6 Å². The average molecular weight is 282 g/mol. The molecule has 0 unspecified atom stereocenters. The molecule has 1 amide bonds. The summed E-state index contributed by atoms with van der Waals surface area (Å²) in [5, 5.41) is 6.89. The number of likely N-dealkylation sites (N-methyl/N-ethyl adjacent to an activating group) is 1. The van der Waals surface area contributed by atoms with Crippen LogP contribution in [-0.4, -0.2) is 63.5 Å². The molecule has 7 nitrogen and oxygen atoms in total. The number of aromatic nitrogens is 2. The summed E-state index contributed by atoms with van der Waals surface area (Å²) in [6.07, 6.45) is 0. The Hall–Kier alpha value is -1.89. The Morgan fingerprint density at radius 3 is 2.35 bits per heavy atom.